The van der Waals surface area contributed by atoms with E-state index in [2.05, 4.69) is 0 Å². The van der Waals surface area contributed by atoms with Crippen LogP contribution in [0.4, 0.5) is 0 Å². The number of esters is 1. The highest BCUT2D eigenvalue weighted by molar-refractivity contribution is 6.12. The van der Waals surface area contributed by atoms with Crippen LogP contribution in [0.1, 0.15) is 10.4 Å². The summed E-state index contributed by atoms with van der Waals surface area (Å²) in [6.07, 6.45) is 2.45. The van der Waals surface area contributed by atoms with Crippen molar-refractivity contribution in [1.82, 2.24) is 4.90 Å². The second-order valence-corrected chi connectivity index (χ2v) is 4.28. The molecule has 1 aromatic rings. The first-order valence-corrected chi connectivity index (χ1v) is 6.52. The van der Waals surface area contributed by atoms with Crippen molar-refractivity contribution in [3.05, 3.63) is 48.0 Å². The number of benzene rings is 1. The van der Waals surface area contributed by atoms with Gasteiger partial charge in [0.25, 0.3) is 11.8 Å². The number of carbonyl (C=O) groups is 3. The van der Waals surface area contributed by atoms with Crippen LogP contribution in [0, 0.1) is 0 Å². The number of hydrogen-bond acceptors (Lipinski definition) is 5. The van der Waals surface area contributed by atoms with E-state index < -0.39 is 5.97 Å². The molecule has 0 atom stereocenters. The summed E-state index contributed by atoms with van der Waals surface area (Å²) in [6, 6.07) is 8.66. The van der Waals surface area contributed by atoms with Crippen LogP contribution in [0.15, 0.2) is 42.5 Å². The number of carbonyl (C=O) groups excluding carboxylic acids is 3. The topological polar surface area (TPSA) is 72.9 Å². The molecule has 0 aliphatic carbocycles. The van der Waals surface area contributed by atoms with Crippen molar-refractivity contribution >= 4 is 17.8 Å². The first-order chi connectivity index (χ1) is 10.2. The van der Waals surface area contributed by atoms with Gasteiger partial charge in [0.2, 0.25) is 0 Å². The predicted octanol–water partition coefficient (Wildman–Crippen LogP) is 0.785. The Kier molecular flexibility index (Phi) is 5.22. The van der Waals surface area contributed by atoms with Gasteiger partial charge in [-0.1, -0.05) is 18.2 Å². The van der Waals surface area contributed by atoms with Crippen LogP contribution in [-0.4, -0.2) is 49.0 Å². The molecule has 1 aliphatic heterocycles. The molecule has 6 heteroatoms. The predicted molar refractivity (Wildman–Crippen MR) is 73.4 cm³/mol. The van der Waals surface area contributed by atoms with Gasteiger partial charge in [-0.25, -0.2) is 4.79 Å². The first-order valence-electron chi connectivity index (χ1n) is 6.52. The molecule has 1 aliphatic rings. The lowest BCUT2D eigenvalue weighted by molar-refractivity contribution is -0.137. The van der Waals surface area contributed by atoms with Gasteiger partial charge in [0.05, 0.1) is 25.3 Å². The highest BCUT2D eigenvalue weighted by Crippen LogP contribution is 2.03. The van der Waals surface area contributed by atoms with Gasteiger partial charge in [0.1, 0.15) is 6.61 Å². The van der Waals surface area contributed by atoms with Crippen LogP contribution < -0.4 is 0 Å². The molecular weight excluding hydrogens is 274 g/mol. The number of imide groups is 1. The summed E-state index contributed by atoms with van der Waals surface area (Å²) in [4.78, 5) is 35.2. The molecule has 0 fully saturated rings. The van der Waals surface area contributed by atoms with Gasteiger partial charge in [-0.15, -0.1) is 0 Å². The summed E-state index contributed by atoms with van der Waals surface area (Å²) >= 11 is 0. The minimum absolute atomic E-state index is 0.119. The third-order valence-corrected chi connectivity index (χ3v) is 2.83. The van der Waals surface area contributed by atoms with E-state index in [0.717, 1.165) is 4.90 Å². The van der Waals surface area contributed by atoms with Gasteiger partial charge in [-0.05, 0) is 12.1 Å². The highest BCUT2D eigenvalue weighted by atomic mass is 16.6. The molecule has 6 nitrogen and oxygen atoms in total. The van der Waals surface area contributed by atoms with Crippen LogP contribution in [0.25, 0.3) is 0 Å². The van der Waals surface area contributed by atoms with Gasteiger partial charge >= 0.3 is 5.97 Å². The Hall–Kier alpha value is -2.47. The molecule has 0 bridgehead atoms. The molecule has 2 amide bonds. The summed E-state index contributed by atoms with van der Waals surface area (Å²) in [5, 5.41) is 0. The average molecular weight is 289 g/mol. The number of hydrogen-bond donors (Lipinski definition) is 0. The monoisotopic (exact) mass is 289 g/mol. The van der Waals surface area contributed by atoms with Gasteiger partial charge in [-0.2, -0.15) is 0 Å². The SMILES string of the molecule is O=C(OCCOCCN1C(=O)C=CC1=O)c1ccccc1. The Morgan fingerprint density at radius 2 is 1.62 bits per heavy atom. The van der Waals surface area contributed by atoms with Crippen molar-refractivity contribution in [3.63, 3.8) is 0 Å². The van der Waals surface area contributed by atoms with Crippen molar-refractivity contribution in [2.45, 2.75) is 0 Å². The van der Waals surface area contributed by atoms with Crippen LogP contribution in [0.5, 0.6) is 0 Å². The fourth-order valence-corrected chi connectivity index (χ4v) is 1.76. The van der Waals surface area contributed by atoms with Gasteiger partial charge < -0.3 is 9.47 Å². The van der Waals surface area contributed by atoms with E-state index in [9.17, 15) is 14.4 Å². The fourth-order valence-electron chi connectivity index (χ4n) is 1.76. The zero-order valence-electron chi connectivity index (χ0n) is 11.4. The number of nitrogens with zero attached hydrogens (tertiary/aromatic N) is 1. The van der Waals surface area contributed by atoms with Crippen LogP contribution in [-0.2, 0) is 19.1 Å². The van der Waals surface area contributed by atoms with E-state index in [1.165, 1.54) is 12.2 Å². The summed E-state index contributed by atoms with van der Waals surface area (Å²) in [5.74, 6) is -1.08. The molecule has 1 aromatic carbocycles. The van der Waals surface area contributed by atoms with Crippen molar-refractivity contribution in [3.8, 4) is 0 Å². The lowest BCUT2D eigenvalue weighted by atomic mass is 10.2. The standard InChI is InChI=1S/C15H15NO5/c17-13-6-7-14(18)16(13)8-9-20-10-11-21-15(19)12-4-2-1-3-5-12/h1-7H,8-11H2. The molecule has 0 saturated carbocycles. The smallest absolute Gasteiger partial charge is 0.338 e. The Morgan fingerprint density at radius 3 is 2.29 bits per heavy atom. The zero-order valence-corrected chi connectivity index (χ0v) is 11.4. The summed E-state index contributed by atoms with van der Waals surface area (Å²) in [7, 11) is 0. The molecule has 0 spiro atoms. The van der Waals surface area contributed by atoms with Gasteiger partial charge in [-0.3, -0.25) is 14.5 Å². The van der Waals surface area contributed by atoms with Crippen LogP contribution in [0.2, 0.25) is 0 Å². The number of amides is 2. The van der Waals surface area contributed by atoms with Crippen molar-refractivity contribution in [2.75, 3.05) is 26.4 Å². The zero-order chi connectivity index (χ0) is 15.1. The average Bonchev–Trinajstić information content (AvgIpc) is 2.82. The maximum atomic E-state index is 11.6. The van der Waals surface area contributed by atoms with E-state index in [1.54, 1.807) is 24.3 Å². The second kappa shape index (κ2) is 7.35. The fraction of sp³-hybridized carbons (Fsp3) is 0.267. The number of ether oxygens (including phenoxy) is 2. The second-order valence-electron chi connectivity index (χ2n) is 4.28. The summed E-state index contributed by atoms with van der Waals surface area (Å²) in [5.41, 5.74) is 0.483. The lowest BCUT2D eigenvalue weighted by Gasteiger charge is -2.13. The van der Waals surface area contributed by atoms with E-state index in [4.69, 9.17) is 9.47 Å². The first kappa shape index (κ1) is 14.9. The Morgan fingerprint density at radius 1 is 0.952 bits per heavy atom. The third-order valence-electron chi connectivity index (χ3n) is 2.83. The largest absolute Gasteiger partial charge is 0.460 e. The molecule has 0 unspecified atom stereocenters. The van der Waals surface area contributed by atoms with E-state index >= 15 is 0 Å². The molecule has 110 valence electrons. The minimum Gasteiger partial charge on any atom is -0.460 e. The summed E-state index contributed by atoms with van der Waals surface area (Å²) in [6.45, 7) is 0.732. The van der Waals surface area contributed by atoms with Crippen molar-refractivity contribution in [2.24, 2.45) is 0 Å². The van der Waals surface area contributed by atoms with Crippen molar-refractivity contribution in [1.29, 1.82) is 0 Å². The van der Waals surface area contributed by atoms with Crippen molar-refractivity contribution < 1.29 is 23.9 Å². The maximum Gasteiger partial charge on any atom is 0.338 e. The van der Waals surface area contributed by atoms with Crippen LogP contribution in [0.3, 0.4) is 0 Å². The minimum atomic E-state index is -0.409. The molecule has 21 heavy (non-hydrogen) atoms. The molecule has 0 N–H and O–H groups in total. The Bertz CT molecular complexity index is 534. The molecule has 1 heterocycles. The van der Waals surface area contributed by atoms with Gasteiger partial charge in [0.15, 0.2) is 0 Å². The summed E-state index contributed by atoms with van der Waals surface area (Å²) < 4.78 is 10.2. The molecule has 0 aromatic heterocycles. The third kappa shape index (κ3) is 4.25. The Balaban J connectivity index is 1.57. The molecule has 0 saturated heterocycles. The molecule has 0 radical (unpaired) electrons. The Labute approximate surface area is 121 Å². The lowest BCUT2D eigenvalue weighted by Crippen LogP contribution is -2.33. The molecular formula is C15H15NO5. The van der Waals surface area contributed by atoms with Crippen LogP contribution >= 0.6 is 0 Å². The maximum absolute atomic E-state index is 11.6. The normalized spacial score (nSPS) is 13.8. The number of rotatable bonds is 7. The highest BCUT2D eigenvalue weighted by Gasteiger charge is 2.22. The van der Waals surface area contributed by atoms with E-state index in [1.807, 2.05) is 6.07 Å². The molecule has 2 rings (SSSR count). The van der Waals surface area contributed by atoms with E-state index in [0.29, 0.717) is 5.56 Å². The quantitative estimate of drug-likeness (QED) is 0.421. The van der Waals surface area contributed by atoms with Gasteiger partial charge in [0, 0.05) is 12.2 Å². The van der Waals surface area contributed by atoms with E-state index in [-0.39, 0.29) is 38.2 Å².